The van der Waals surface area contributed by atoms with Gasteiger partial charge in [0.1, 0.15) is 5.82 Å². The molecule has 2 aromatic carbocycles. The molecule has 0 bridgehead atoms. The molecule has 1 N–H and O–H groups in total. The highest BCUT2D eigenvalue weighted by Gasteiger charge is 2.20. The van der Waals surface area contributed by atoms with Crippen LogP contribution in [0.4, 0.5) is 4.39 Å². The molecule has 1 amide bonds. The van der Waals surface area contributed by atoms with Gasteiger partial charge in [-0.15, -0.1) is 0 Å². The van der Waals surface area contributed by atoms with E-state index in [1.165, 1.54) is 18.2 Å². The third-order valence-corrected chi connectivity index (χ3v) is 4.77. The molecule has 0 aliphatic carbocycles. The highest BCUT2D eigenvalue weighted by atomic mass is 19.1. The van der Waals surface area contributed by atoms with Crippen LogP contribution in [0.1, 0.15) is 33.6 Å². The average Bonchev–Trinajstić information content (AvgIpc) is 2.73. The van der Waals surface area contributed by atoms with Crippen molar-refractivity contribution in [2.24, 2.45) is 0 Å². The number of rotatable bonds is 8. The molecule has 9 heteroatoms. The van der Waals surface area contributed by atoms with Crippen LogP contribution in [-0.4, -0.2) is 40.5 Å². The van der Waals surface area contributed by atoms with Gasteiger partial charge in [0.2, 0.25) is 5.69 Å². The lowest BCUT2D eigenvalue weighted by atomic mass is 10.1. The van der Waals surface area contributed by atoms with Gasteiger partial charge in [0.05, 0.1) is 12.2 Å². The molecule has 0 radical (unpaired) electrons. The fourth-order valence-corrected chi connectivity index (χ4v) is 3.36. The fourth-order valence-electron chi connectivity index (χ4n) is 3.36. The third-order valence-electron chi connectivity index (χ3n) is 4.77. The summed E-state index contributed by atoms with van der Waals surface area (Å²) in [6, 6.07) is 11.0. The quantitative estimate of drug-likeness (QED) is 0.541. The first-order valence-corrected chi connectivity index (χ1v) is 10.1. The number of benzene rings is 2. The summed E-state index contributed by atoms with van der Waals surface area (Å²) in [6.07, 6.45) is 0.552. The van der Waals surface area contributed by atoms with Crippen molar-refractivity contribution in [1.82, 2.24) is 19.7 Å². The van der Waals surface area contributed by atoms with Gasteiger partial charge < -0.3 is 10.1 Å². The number of halogens is 1. The lowest BCUT2D eigenvalue weighted by molar-refractivity contribution is 0.0938. The number of hydrogen-bond donors (Lipinski definition) is 1. The molecule has 0 aliphatic heterocycles. The first-order valence-electron chi connectivity index (χ1n) is 10.1. The van der Waals surface area contributed by atoms with Crippen molar-refractivity contribution < 1.29 is 13.9 Å². The average molecular weight is 440 g/mol. The molecule has 3 aromatic rings. The monoisotopic (exact) mass is 440 g/mol. The summed E-state index contributed by atoms with van der Waals surface area (Å²) in [5.74, 6) is -1.19. The van der Waals surface area contributed by atoms with Crippen molar-refractivity contribution in [3.8, 4) is 5.69 Å². The van der Waals surface area contributed by atoms with Crippen LogP contribution < -0.4 is 16.6 Å². The largest absolute Gasteiger partial charge is 0.385 e. The lowest BCUT2D eigenvalue weighted by Gasteiger charge is -2.13. The number of carbonyl (C=O) groups is 1. The van der Waals surface area contributed by atoms with E-state index in [0.29, 0.717) is 24.3 Å². The molecule has 1 aromatic heterocycles. The predicted molar refractivity (Wildman–Crippen MR) is 118 cm³/mol. The SMILES string of the molecule is COCCCNC(=O)c1nn(-c2cc(C)cc(C)c2)c(=O)n(Cc2cccc(F)c2)c1=O. The van der Waals surface area contributed by atoms with Gasteiger partial charge in [0, 0.05) is 20.3 Å². The van der Waals surface area contributed by atoms with Crippen LogP contribution in [0.5, 0.6) is 0 Å². The standard InChI is InChI=1S/C23H25FN4O4/c1-15-10-16(2)12-19(11-15)28-23(31)27(14-17-6-4-7-18(24)13-17)22(30)20(26-28)21(29)25-8-5-9-32-3/h4,6-7,10-13H,5,8-9,14H2,1-3H3,(H,25,29). The zero-order valence-corrected chi connectivity index (χ0v) is 18.2. The summed E-state index contributed by atoms with van der Waals surface area (Å²) in [5.41, 5.74) is 0.633. The smallest absolute Gasteiger partial charge is 0.352 e. The van der Waals surface area contributed by atoms with Crippen LogP contribution in [0.2, 0.25) is 0 Å². The minimum atomic E-state index is -0.843. The Bertz CT molecular complexity index is 1230. The second-order valence-corrected chi connectivity index (χ2v) is 7.51. The Morgan fingerprint density at radius 1 is 1.12 bits per heavy atom. The van der Waals surface area contributed by atoms with E-state index in [1.807, 2.05) is 19.9 Å². The van der Waals surface area contributed by atoms with E-state index >= 15 is 0 Å². The Morgan fingerprint density at radius 3 is 2.50 bits per heavy atom. The van der Waals surface area contributed by atoms with Gasteiger partial charge in [-0.2, -0.15) is 9.78 Å². The van der Waals surface area contributed by atoms with E-state index in [9.17, 15) is 18.8 Å². The van der Waals surface area contributed by atoms with Crippen LogP contribution in [-0.2, 0) is 11.3 Å². The van der Waals surface area contributed by atoms with Crippen molar-refractivity contribution in [2.45, 2.75) is 26.8 Å². The van der Waals surface area contributed by atoms with Crippen molar-refractivity contribution in [2.75, 3.05) is 20.3 Å². The zero-order valence-electron chi connectivity index (χ0n) is 18.2. The van der Waals surface area contributed by atoms with Crippen LogP contribution in [0.25, 0.3) is 5.69 Å². The highest BCUT2D eigenvalue weighted by molar-refractivity contribution is 5.91. The number of aryl methyl sites for hydroxylation is 2. The molecular weight excluding hydrogens is 415 g/mol. The minimum absolute atomic E-state index is 0.202. The van der Waals surface area contributed by atoms with Crippen molar-refractivity contribution in [3.63, 3.8) is 0 Å². The second kappa shape index (κ2) is 10.1. The number of nitrogens with one attached hydrogen (secondary N) is 1. The van der Waals surface area contributed by atoms with E-state index < -0.39 is 28.7 Å². The van der Waals surface area contributed by atoms with E-state index in [2.05, 4.69) is 10.4 Å². The Balaban J connectivity index is 2.13. The van der Waals surface area contributed by atoms with Crippen LogP contribution in [0, 0.1) is 19.7 Å². The van der Waals surface area contributed by atoms with Gasteiger partial charge >= 0.3 is 5.69 Å². The molecule has 0 unspecified atom stereocenters. The van der Waals surface area contributed by atoms with Crippen LogP contribution >= 0.6 is 0 Å². The molecule has 0 spiro atoms. The maximum atomic E-state index is 13.7. The number of nitrogens with zero attached hydrogens (tertiary/aromatic N) is 3. The summed E-state index contributed by atoms with van der Waals surface area (Å²) in [4.78, 5) is 38.9. The van der Waals surface area contributed by atoms with Crippen LogP contribution in [0.3, 0.4) is 0 Å². The summed E-state index contributed by atoms with van der Waals surface area (Å²) < 4.78 is 20.5. The molecule has 0 saturated carbocycles. The Hall–Kier alpha value is -3.59. The number of amides is 1. The van der Waals surface area contributed by atoms with E-state index in [1.54, 1.807) is 25.3 Å². The van der Waals surface area contributed by atoms with E-state index in [0.717, 1.165) is 20.4 Å². The van der Waals surface area contributed by atoms with Gasteiger partial charge in [-0.3, -0.25) is 14.2 Å². The van der Waals surface area contributed by atoms with E-state index in [4.69, 9.17) is 4.74 Å². The fraction of sp³-hybridized carbons (Fsp3) is 0.304. The number of ether oxygens (including phenoxy) is 1. The summed E-state index contributed by atoms with van der Waals surface area (Å²) >= 11 is 0. The number of methoxy groups -OCH3 is 1. The Morgan fingerprint density at radius 2 is 1.84 bits per heavy atom. The van der Waals surface area contributed by atoms with Gasteiger partial charge in [0.15, 0.2) is 0 Å². The molecule has 8 nitrogen and oxygen atoms in total. The summed E-state index contributed by atoms with van der Waals surface area (Å²) in [7, 11) is 1.55. The van der Waals surface area contributed by atoms with Crippen molar-refractivity contribution >= 4 is 5.91 Å². The summed E-state index contributed by atoms with van der Waals surface area (Å²) in [5, 5.41) is 6.72. The Labute approximate surface area is 184 Å². The van der Waals surface area contributed by atoms with Gasteiger partial charge in [0.25, 0.3) is 11.5 Å². The molecule has 1 heterocycles. The molecule has 0 aliphatic rings. The molecule has 168 valence electrons. The maximum Gasteiger partial charge on any atom is 0.352 e. The predicted octanol–water partition coefficient (Wildman–Crippen LogP) is 1.96. The van der Waals surface area contributed by atoms with Crippen LogP contribution in [0.15, 0.2) is 52.1 Å². The second-order valence-electron chi connectivity index (χ2n) is 7.51. The summed E-state index contributed by atoms with van der Waals surface area (Å²) in [6.45, 7) is 4.26. The molecule has 0 atom stereocenters. The number of aromatic nitrogens is 3. The van der Waals surface area contributed by atoms with Gasteiger partial charge in [-0.25, -0.2) is 9.18 Å². The number of hydrogen-bond acceptors (Lipinski definition) is 5. The maximum absolute atomic E-state index is 13.7. The molecule has 32 heavy (non-hydrogen) atoms. The van der Waals surface area contributed by atoms with Gasteiger partial charge in [-0.1, -0.05) is 18.2 Å². The van der Waals surface area contributed by atoms with Gasteiger partial charge in [-0.05, 0) is 61.2 Å². The first-order chi connectivity index (χ1) is 15.3. The molecule has 3 rings (SSSR count). The number of carbonyl (C=O) groups excluding carboxylic acids is 1. The lowest BCUT2D eigenvalue weighted by Crippen LogP contribution is -2.46. The molecule has 0 saturated heterocycles. The van der Waals surface area contributed by atoms with E-state index in [-0.39, 0.29) is 13.1 Å². The van der Waals surface area contributed by atoms with Crippen molar-refractivity contribution in [1.29, 1.82) is 0 Å². The third kappa shape index (κ3) is 5.36. The topological polar surface area (TPSA) is 95.2 Å². The van der Waals surface area contributed by atoms with Crippen molar-refractivity contribution in [3.05, 3.63) is 91.5 Å². The molecular formula is C23H25FN4O4. The normalized spacial score (nSPS) is 10.9. The first kappa shape index (κ1) is 23.1. The minimum Gasteiger partial charge on any atom is -0.385 e. The Kier molecular flexibility index (Phi) is 7.32. The highest BCUT2D eigenvalue weighted by Crippen LogP contribution is 2.11. The zero-order chi connectivity index (χ0) is 23.3. The molecule has 0 fully saturated rings.